The van der Waals surface area contributed by atoms with Gasteiger partial charge in [0.1, 0.15) is 6.04 Å². The molecule has 0 aliphatic carbocycles. The monoisotopic (exact) mass is 215 g/mol. The number of aromatic nitrogens is 2. The minimum atomic E-state index is -0.551. The van der Waals surface area contributed by atoms with E-state index in [4.69, 9.17) is 15.4 Å². The highest BCUT2D eigenvalue weighted by Gasteiger charge is 2.24. The Balaban J connectivity index is 2.08. The fourth-order valence-corrected chi connectivity index (χ4v) is 2.60. The Labute approximate surface area is 86.1 Å². The van der Waals surface area contributed by atoms with E-state index in [0.717, 1.165) is 23.8 Å². The molecule has 1 aromatic rings. The van der Waals surface area contributed by atoms with Gasteiger partial charge in [-0.1, -0.05) is 5.16 Å². The molecule has 1 saturated heterocycles. The molecule has 78 valence electrons. The molecule has 1 unspecified atom stereocenters. The molecule has 1 fully saturated rings. The number of nitrogens with zero attached hydrogens (tertiary/aromatic N) is 2. The van der Waals surface area contributed by atoms with Gasteiger partial charge in [0.15, 0.2) is 5.82 Å². The lowest BCUT2D eigenvalue weighted by molar-refractivity contribution is 0.236. The molecule has 1 aliphatic heterocycles. The minimum Gasteiger partial charge on any atom is -0.394 e. The summed E-state index contributed by atoms with van der Waals surface area (Å²) in [6.07, 6.45) is 1.10. The van der Waals surface area contributed by atoms with Gasteiger partial charge in [0.2, 0.25) is 5.89 Å². The molecule has 3 N–H and O–H groups in total. The van der Waals surface area contributed by atoms with Crippen molar-refractivity contribution in [1.29, 1.82) is 0 Å². The summed E-state index contributed by atoms with van der Waals surface area (Å²) in [6.45, 7) is -0.166. The lowest BCUT2D eigenvalue weighted by atomic mass is 10.1. The molecule has 1 aliphatic rings. The third kappa shape index (κ3) is 1.92. The molecule has 2 atom stereocenters. The normalized spacial score (nSPS) is 24.0. The second-order valence-electron chi connectivity index (χ2n) is 3.34. The largest absolute Gasteiger partial charge is 0.394 e. The van der Waals surface area contributed by atoms with Gasteiger partial charge in [-0.15, -0.1) is 0 Å². The summed E-state index contributed by atoms with van der Waals surface area (Å²) in [5, 5.41) is 12.7. The fourth-order valence-electron chi connectivity index (χ4n) is 1.38. The highest BCUT2D eigenvalue weighted by Crippen LogP contribution is 2.30. The van der Waals surface area contributed by atoms with Crippen LogP contribution in [0.3, 0.4) is 0 Å². The Morgan fingerprint density at radius 1 is 1.71 bits per heavy atom. The van der Waals surface area contributed by atoms with Gasteiger partial charge in [0.05, 0.1) is 6.61 Å². The number of rotatable bonds is 3. The molecule has 0 bridgehead atoms. The number of hydrogen-bond acceptors (Lipinski definition) is 6. The summed E-state index contributed by atoms with van der Waals surface area (Å²) < 4.78 is 4.97. The first kappa shape index (κ1) is 9.95. The number of thioether (sulfide) groups is 1. The van der Waals surface area contributed by atoms with Crippen LogP contribution in [0, 0.1) is 0 Å². The number of nitrogens with two attached hydrogens (primary N) is 1. The van der Waals surface area contributed by atoms with Gasteiger partial charge in [-0.25, -0.2) is 0 Å². The molecule has 2 rings (SSSR count). The molecule has 0 spiro atoms. The van der Waals surface area contributed by atoms with Gasteiger partial charge < -0.3 is 15.4 Å². The smallest absolute Gasteiger partial charge is 0.245 e. The predicted molar refractivity (Wildman–Crippen MR) is 53.0 cm³/mol. The maximum absolute atomic E-state index is 8.81. The molecule has 0 aromatic carbocycles. The SMILES string of the molecule is N[C@H](CO)c1nc(C2CCSC2)no1. The zero-order chi connectivity index (χ0) is 9.97. The van der Waals surface area contributed by atoms with Crippen LogP contribution in [0.15, 0.2) is 4.52 Å². The molecule has 0 amide bonds. The van der Waals surface area contributed by atoms with Crippen LogP contribution in [0.2, 0.25) is 0 Å². The van der Waals surface area contributed by atoms with E-state index in [1.165, 1.54) is 0 Å². The minimum absolute atomic E-state index is 0.166. The van der Waals surface area contributed by atoms with E-state index < -0.39 is 6.04 Å². The van der Waals surface area contributed by atoms with Crippen molar-refractivity contribution in [2.75, 3.05) is 18.1 Å². The van der Waals surface area contributed by atoms with Crippen molar-refractivity contribution in [2.24, 2.45) is 5.73 Å². The van der Waals surface area contributed by atoms with Gasteiger partial charge in [-0.3, -0.25) is 0 Å². The molecular formula is C8H13N3O2S. The van der Waals surface area contributed by atoms with E-state index in [-0.39, 0.29) is 6.61 Å². The van der Waals surface area contributed by atoms with E-state index >= 15 is 0 Å². The lowest BCUT2D eigenvalue weighted by Crippen LogP contribution is -2.15. The first-order valence-corrected chi connectivity index (χ1v) is 5.74. The fraction of sp³-hybridized carbons (Fsp3) is 0.750. The van der Waals surface area contributed by atoms with Crippen molar-refractivity contribution in [1.82, 2.24) is 10.1 Å². The number of aliphatic hydroxyl groups is 1. The first-order chi connectivity index (χ1) is 6.81. The van der Waals surface area contributed by atoms with Gasteiger partial charge in [-0.05, 0) is 12.2 Å². The standard InChI is InChI=1S/C8H13N3O2S/c9-6(3-12)8-10-7(11-13-8)5-1-2-14-4-5/h5-6,12H,1-4,9H2/t5?,6-/m1/s1. The van der Waals surface area contributed by atoms with Crippen molar-refractivity contribution in [3.8, 4) is 0 Å². The third-order valence-electron chi connectivity index (χ3n) is 2.27. The molecule has 2 heterocycles. The van der Waals surface area contributed by atoms with Gasteiger partial charge in [-0.2, -0.15) is 16.7 Å². The van der Waals surface area contributed by atoms with Crippen molar-refractivity contribution in [2.45, 2.75) is 18.4 Å². The molecule has 14 heavy (non-hydrogen) atoms. The molecule has 0 saturated carbocycles. The van der Waals surface area contributed by atoms with Crippen LogP contribution in [0.4, 0.5) is 0 Å². The number of hydrogen-bond donors (Lipinski definition) is 2. The lowest BCUT2D eigenvalue weighted by Gasteiger charge is -2.00. The maximum atomic E-state index is 8.81. The molecule has 5 nitrogen and oxygen atoms in total. The van der Waals surface area contributed by atoms with Crippen LogP contribution >= 0.6 is 11.8 Å². The topological polar surface area (TPSA) is 85.2 Å². The Hall–Kier alpha value is -0.590. The summed E-state index contributed by atoms with van der Waals surface area (Å²) >= 11 is 1.90. The van der Waals surface area contributed by atoms with Crippen LogP contribution in [-0.2, 0) is 0 Å². The summed E-state index contributed by atoms with van der Waals surface area (Å²) in [7, 11) is 0. The van der Waals surface area contributed by atoms with Crippen molar-refractivity contribution < 1.29 is 9.63 Å². The predicted octanol–water partition coefficient (Wildman–Crippen LogP) is 0.282. The summed E-state index contributed by atoms with van der Waals surface area (Å²) in [6, 6.07) is -0.551. The molecule has 0 radical (unpaired) electrons. The average molecular weight is 215 g/mol. The van der Waals surface area contributed by atoms with E-state index in [1.807, 2.05) is 11.8 Å². The van der Waals surface area contributed by atoms with E-state index in [0.29, 0.717) is 11.8 Å². The van der Waals surface area contributed by atoms with Gasteiger partial charge in [0, 0.05) is 11.7 Å². The zero-order valence-electron chi connectivity index (χ0n) is 7.72. The van der Waals surface area contributed by atoms with E-state index in [1.54, 1.807) is 0 Å². The number of aliphatic hydroxyl groups excluding tert-OH is 1. The van der Waals surface area contributed by atoms with E-state index in [2.05, 4.69) is 10.1 Å². The molecular weight excluding hydrogens is 202 g/mol. The zero-order valence-corrected chi connectivity index (χ0v) is 8.54. The Kier molecular flexibility index (Phi) is 3.05. The maximum Gasteiger partial charge on any atom is 0.245 e. The molecule has 1 aromatic heterocycles. The van der Waals surface area contributed by atoms with Gasteiger partial charge in [0.25, 0.3) is 0 Å². The second kappa shape index (κ2) is 4.29. The quantitative estimate of drug-likeness (QED) is 0.753. The average Bonchev–Trinajstić information content (AvgIpc) is 2.86. The third-order valence-corrected chi connectivity index (χ3v) is 3.43. The van der Waals surface area contributed by atoms with Crippen LogP contribution in [0.1, 0.15) is 30.1 Å². The van der Waals surface area contributed by atoms with Crippen LogP contribution in [0.25, 0.3) is 0 Å². The van der Waals surface area contributed by atoms with E-state index in [9.17, 15) is 0 Å². The first-order valence-electron chi connectivity index (χ1n) is 4.59. The van der Waals surface area contributed by atoms with Gasteiger partial charge >= 0.3 is 0 Å². The van der Waals surface area contributed by atoms with Crippen molar-refractivity contribution in [3.63, 3.8) is 0 Å². The van der Waals surface area contributed by atoms with Crippen molar-refractivity contribution in [3.05, 3.63) is 11.7 Å². The van der Waals surface area contributed by atoms with Crippen LogP contribution in [-0.4, -0.2) is 33.4 Å². The summed E-state index contributed by atoms with van der Waals surface area (Å²) in [5.41, 5.74) is 5.55. The summed E-state index contributed by atoms with van der Waals surface area (Å²) in [4.78, 5) is 4.19. The van der Waals surface area contributed by atoms with Crippen molar-refractivity contribution >= 4 is 11.8 Å². The summed E-state index contributed by atoms with van der Waals surface area (Å²) in [5.74, 6) is 3.66. The van der Waals surface area contributed by atoms with Crippen LogP contribution < -0.4 is 5.73 Å². The Morgan fingerprint density at radius 3 is 3.21 bits per heavy atom. The Bertz CT molecular complexity index is 299. The Morgan fingerprint density at radius 2 is 2.57 bits per heavy atom. The van der Waals surface area contributed by atoms with Crippen LogP contribution in [0.5, 0.6) is 0 Å². The molecule has 6 heteroatoms. The second-order valence-corrected chi connectivity index (χ2v) is 4.49. The highest BCUT2D eigenvalue weighted by molar-refractivity contribution is 7.99. The highest BCUT2D eigenvalue weighted by atomic mass is 32.2.